The molecule has 0 atom stereocenters. The molecule has 5 aromatic carbocycles. The second-order valence-electron chi connectivity index (χ2n) is 19.6. The minimum absolute atomic E-state index is 0.203. The standard InChI is InChI=1S/C13H18.C12H14O2.C12H16O.C12H16.C10H12O2.10C2H6/c1-10(2)12-8-7-11-5-3-4-6-13(11)9-12;1-8(2)9-3-4-12-10(7-9)11(13)5-6-14-12;1-9(2)10-5-6-12-11(8-10)4-3-7-13-12;1-9(2)11-7-6-10-4-3-5-12(10)8-11;1-7(2)8-3-4-9-10(5-8)12-6-11-9;10*1-2/h7-10H,3-6H2,1-2H3;3-4,7-8H,5-6H2,1-2H3;5-6,8-9H,3-4,7H2,1-2H3;6-9H,3-5H2,1-2H3;3-5,7H,6H2,1-2H3;10*1-2H3. The summed E-state index contributed by atoms with van der Waals surface area (Å²) in [4.78, 5) is 11.6. The predicted octanol–water partition coefficient (Wildman–Crippen LogP) is 25.7. The molecule has 0 bridgehead atoms. The molecule has 84 heavy (non-hydrogen) atoms. The fraction of sp³-hybridized carbons (Fsp3) is 0.608. The number of rotatable bonds is 5. The zero-order chi connectivity index (χ0) is 65.8. The zero-order valence-corrected chi connectivity index (χ0v) is 60.8. The van der Waals surface area contributed by atoms with E-state index < -0.39 is 0 Å². The SMILES string of the molecule is CC.CC.CC.CC.CC.CC.CC.CC.CC.CC.CC(C)c1ccc2c(c1)C(=O)CCO2.CC(C)c1ccc2c(c1)CCC2.CC(C)c1ccc2c(c1)CCCC2.CC(C)c1ccc2c(c1)CCCO2.CC(C)c1ccc2c(c1)OCO2. The molecule has 5 nitrogen and oxygen atoms in total. The molecule has 3 heterocycles. The largest absolute Gasteiger partial charge is 0.493 e. The van der Waals surface area contributed by atoms with Gasteiger partial charge in [-0.15, -0.1) is 0 Å². The molecule has 0 saturated heterocycles. The topological polar surface area (TPSA) is 54.0 Å². The second kappa shape index (κ2) is 57.1. The van der Waals surface area contributed by atoms with Crippen LogP contribution in [0.3, 0.4) is 0 Å². The second-order valence-corrected chi connectivity index (χ2v) is 19.6. The van der Waals surface area contributed by atoms with Gasteiger partial charge in [-0.3, -0.25) is 4.79 Å². The average Bonchev–Trinajstić information content (AvgIpc) is 4.31. The Labute approximate surface area is 523 Å². The van der Waals surface area contributed by atoms with E-state index in [1.165, 1.54) is 84.7 Å². The highest BCUT2D eigenvalue weighted by Gasteiger charge is 2.19. The molecule has 482 valence electrons. The fourth-order valence-electron chi connectivity index (χ4n) is 8.71. The van der Waals surface area contributed by atoms with Gasteiger partial charge < -0.3 is 18.9 Å². The number of Topliss-reactive ketones (excluding diaryl/α,β-unsaturated/α-hetero) is 1. The smallest absolute Gasteiger partial charge is 0.231 e. The van der Waals surface area contributed by atoms with Gasteiger partial charge in [0.05, 0.1) is 18.8 Å². The van der Waals surface area contributed by atoms with E-state index >= 15 is 0 Å². The van der Waals surface area contributed by atoms with Gasteiger partial charge in [0.1, 0.15) is 11.5 Å². The van der Waals surface area contributed by atoms with E-state index in [9.17, 15) is 4.79 Å². The van der Waals surface area contributed by atoms with Gasteiger partial charge in [-0.05, 0) is 173 Å². The van der Waals surface area contributed by atoms with Crippen LogP contribution in [0, 0.1) is 0 Å². The summed E-state index contributed by atoms with van der Waals surface area (Å²) in [5, 5.41) is 0. The molecular weight excluding hydrogens is 1030 g/mol. The molecule has 0 radical (unpaired) electrons. The quantitative estimate of drug-likeness (QED) is 0.176. The van der Waals surface area contributed by atoms with Crippen LogP contribution in [0.15, 0.2) is 91.0 Å². The molecule has 2 aliphatic carbocycles. The molecule has 10 rings (SSSR count). The number of hydrogen-bond donors (Lipinski definition) is 0. The van der Waals surface area contributed by atoms with Crippen LogP contribution < -0.4 is 18.9 Å². The number of carbonyl (C=O) groups is 1. The van der Waals surface area contributed by atoms with Crippen LogP contribution in [-0.2, 0) is 32.1 Å². The van der Waals surface area contributed by atoms with Gasteiger partial charge >= 0.3 is 0 Å². The highest BCUT2D eigenvalue weighted by atomic mass is 16.7. The summed E-state index contributed by atoms with van der Waals surface area (Å²) in [6, 6.07) is 32.6. The van der Waals surface area contributed by atoms with Crippen molar-refractivity contribution in [3.05, 3.63) is 152 Å². The van der Waals surface area contributed by atoms with E-state index in [1.54, 1.807) is 22.3 Å². The molecule has 0 saturated carbocycles. The Morgan fingerprint density at radius 3 is 1.05 bits per heavy atom. The summed E-state index contributed by atoms with van der Waals surface area (Å²) < 4.78 is 21.4. The molecular formula is C79H136O5. The van der Waals surface area contributed by atoms with Crippen molar-refractivity contribution in [2.24, 2.45) is 0 Å². The Kier molecular flexibility index (Phi) is 59.6. The van der Waals surface area contributed by atoms with Crippen molar-refractivity contribution < 1.29 is 23.7 Å². The Balaban J connectivity index is -0.000000287. The van der Waals surface area contributed by atoms with E-state index in [4.69, 9.17) is 18.9 Å². The van der Waals surface area contributed by atoms with Crippen molar-refractivity contribution in [1.82, 2.24) is 0 Å². The average molecular weight is 1170 g/mol. The minimum atomic E-state index is 0.203. The number of fused-ring (bicyclic) bond motifs is 5. The van der Waals surface area contributed by atoms with Gasteiger partial charge in [-0.25, -0.2) is 0 Å². The van der Waals surface area contributed by atoms with Crippen molar-refractivity contribution >= 4 is 5.78 Å². The van der Waals surface area contributed by atoms with Crippen LogP contribution in [0.25, 0.3) is 0 Å². The fourth-order valence-corrected chi connectivity index (χ4v) is 8.71. The van der Waals surface area contributed by atoms with Crippen LogP contribution in [0.5, 0.6) is 23.0 Å². The lowest BCUT2D eigenvalue weighted by molar-refractivity contribution is 0.0933. The molecule has 0 fully saturated rings. The third kappa shape index (κ3) is 33.0. The van der Waals surface area contributed by atoms with Gasteiger partial charge in [-0.1, -0.05) is 268 Å². The summed E-state index contributed by atoms with van der Waals surface area (Å²) in [5.74, 6) is 6.74. The number of carbonyl (C=O) groups excluding carboxylic acids is 1. The van der Waals surface area contributed by atoms with Crippen LogP contribution in [0.4, 0.5) is 0 Å². The molecule has 5 heteroatoms. The van der Waals surface area contributed by atoms with Crippen molar-refractivity contribution in [3.63, 3.8) is 0 Å². The Hall–Kier alpha value is -5.03. The molecule has 3 aliphatic heterocycles. The number of ether oxygens (including phenoxy) is 4. The Bertz CT molecular complexity index is 2170. The summed E-state index contributed by atoms with van der Waals surface area (Å²) in [5.41, 5.74) is 15.4. The maximum absolute atomic E-state index is 11.6. The van der Waals surface area contributed by atoms with Crippen LogP contribution >= 0.6 is 0 Å². The number of hydrogen-bond acceptors (Lipinski definition) is 5. The van der Waals surface area contributed by atoms with Crippen molar-refractivity contribution in [3.8, 4) is 23.0 Å². The third-order valence-corrected chi connectivity index (χ3v) is 13.0. The lowest BCUT2D eigenvalue weighted by Crippen LogP contribution is -2.15. The summed E-state index contributed by atoms with van der Waals surface area (Å²) in [6.07, 6.45) is 12.2. The lowest BCUT2D eigenvalue weighted by atomic mass is 9.88. The minimum Gasteiger partial charge on any atom is -0.493 e. The molecule has 0 unspecified atom stereocenters. The zero-order valence-electron chi connectivity index (χ0n) is 60.8. The monoisotopic (exact) mass is 1170 g/mol. The summed E-state index contributed by atoms with van der Waals surface area (Å²) >= 11 is 0. The van der Waals surface area contributed by atoms with Crippen molar-refractivity contribution in [2.45, 2.75) is 302 Å². The van der Waals surface area contributed by atoms with Gasteiger partial charge in [0.2, 0.25) is 6.79 Å². The first-order valence-corrected chi connectivity index (χ1v) is 34.5. The number of ketones is 1. The molecule has 0 spiro atoms. The van der Waals surface area contributed by atoms with Crippen molar-refractivity contribution in [1.29, 1.82) is 0 Å². The molecule has 0 aromatic heterocycles. The van der Waals surface area contributed by atoms with E-state index in [2.05, 4.69) is 130 Å². The van der Waals surface area contributed by atoms with Crippen LogP contribution in [0.1, 0.15) is 335 Å². The Morgan fingerprint density at radius 2 is 0.595 bits per heavy atom. The van der Waals surface area contributed by atoms with Crippen LogP contribution in [-0.4, -0.2) is 25.8 Å². The predicted molar refractivity (Wildman–Crippen MR) is 379 cm³/mol. The number of benzene rings is 5. The maximum Gasteiger partial charge on any atom is 0.231 e. The lowest BCUT2D eigenvalue weighted by Gasteiger charge is -2.18. The van der Waals surface area contributed by atoms with E-state index in [1.807, 2.05) is 169 Å². The molecule has 5 aliphatic rings. The number of aryl methyl sites for hydroxylation is 5. The third-order valence-electron chi connectivity index (χ3n) is 13.0. The molecule has 5 aromatic rings. The maximum atomic E-state index is 11.6. The van der Waals surface area contributed by atoms with Gasteiger partial charge in [-0.2, -0.15) is 0 Å². The first-order chi connectivity index (χ1) is 40.8. The summed E-state index contributed by atoms with van der Waals surface area (Å²) in [7, 11) is 0. The summed E-state index contributed by atoms with van der Waals surface area (Å²) in [6.45, 7) is 63.8. The van der Waals surface area contributed by atoms with Gasteiger partial charge in [0, 0.05) is 6.42 Å². The highest BCUT2D eigenvalue weighted by Crippen LogP contribution is 2.35. The van der Waals surface area contributed by atoms with E-state index in [0.29, 0.717) is 49.4 Å². The first kappa shape index (κ1) is 87.7. The van der Waals surface area contributed by atoms with Crippen LogP contribution in [0.2, 0.25) is 0 Å². The van der Waals surface area contributed by atoms with Gasteiger partial charge in [0.25, 0.3) is 0 Å². The Morgan fingerprint density at radius 1 is 0.274 bits per heavy atom. The highest BCUT2D eigenvalue weighted by molar-refractivity contribution is 5.99. The molecule has 0 N–H and O–H groups in total. The first-order valence-electron chi connectivity index (χ1n) is 34.5. The molecule has 0 amide bonds. The van der Waals surface area contributed by atoms with Crippen molar-refractivity contribution in [2.75, 3.05) is 20.0 Å². The van der Waals surface area contributed by atoms with E-state index in [0.717, 1.165) is 41.6 Å². The van der Waals surface area contributed by atoms with Gasteiger partial charge in [0.15, 0.2) is 17.3 Å². The van der Waals surface area contributed by atoms with E-state index in [-0.39, 0.29) is 5.78 Å². The normalized spacial score (nSPS) is 12.2.